The van der Waals surface area contributed by atoms with E-state index in [1.54, 1.807) is 0 Å². The van der Waals surface area contributed by atoms with E-state index < -0.39 is 0 Å². The van der Waals surface area contributed by atoms with Crippen LogP contribution in [0, 0.1) is 0 Å². The lowest BCUT2D eigenvalue weighted by Gasteiger charge is -2.22. The normalized spacial score (nSPS) is 14.6. The van der Waals surface area contributed by atoms with Gasteiger partial charge in [0.25, 0.3) is 0 Å². The summed E-state index contributed by atoms with van der Waals surface area (Å²) in [5.74, 6) is 0. The van der Waals surface area contributed by atoms with Crippen LogP contribution >= 0.6 is 0 Å². The molecule has 4 heteroatoms. The lowest BCUT2D eigenvalue weighted by Crippen LogP contribution is -2.39. The first-order chi connectivity index (χ1) is 9.71. The number of hydrogen-bond donors (Lipinski definition) is 1. The highest BCUT2D eigenvalue weighted by Crippen LogP contribution is 2.20. The third kappa shape index (κ3) is 3.02. The number of hydrogen-bond acceptors (Lipinski definition) is 3. The molecule has 0 radical (unpaired) electrons. The molecule has 0 bridgehead atoms. The van der Waals surface area contributed by atoms with E-state index in [-0.39, 0.29) is 12.1 Å². The number of rotatable bonds is 7. The van der Waals surface area contributed by atoms with Crippen LogP contribution in [0.25, 0.3) is 10.9 Å². The second-order valence-corrected chi connectivity index (χ2v) is 5.04. The van der Waals surface area contributed by atoms with Crippen molar-refractivity contribution in [3.63, 3.8) is 0 Å². The first kappa shape index (κ1) is 15.0. The Bertz CT molecular complexity index is 550. The molecule has 0 aliphatic heterocycles. The number of fused-ring (bicyclic) bond motifs is 1. The van der Waals surface area contributed by atoms with Crippen LogP contribution in [0.2, 0.25) is 0 Å². The first-order valence-corrected chi connectivity index (χ1v) is 7.44. The number of aryl methyl sites for hydroxylation is 1. The van der Waals surface area contributed by atoms with E-state index in [0.29, 0.717) is 0 Å². The molecule has 2 unspecified atom stereocenters. The van der Waals surface area contributed by atoms with Crippen molar-refractivity contribution in [1.82, 2.24) is 15.1 Å². The highest BCUT2D eigenvalue weighted by molar-refractivity contribution is 5.82. The Kier molecular flexibility index (Phi) is 5.15. The first-order valence-electron chi connectivity index (χ1n) is 7.44. The molecule has 2 atom stereocenters. The average molecular weight is 275 g/mol. The number of nitrogens with one attached hydrogen (secondary N) is 1. The van der Waals surface area contributed by atoms with Crippen LogP contribution in [0.4, 0.5) is 0 Å². The van der Waals surface area contributed by atoms with E-state index in [0.717, 1.165) is 25.3 Å². The molecule has 1 heterocycles. The maximum Gasteiger partial charge on any atom is 0.0719 e. The van der Waals surface area contributed by atoms with Crippen molar-refractivity contribution in [2.75, 3.05) is 13.7 Å². The Hall–Kier alpha value is -1.39. The van der Waals surface area contributed by atoms with Crippen LogP contribution in [0.15, 0.2) is 24.3 Å². The Balaban J connectivity index is 2.28. The molecular weight excluding hydrogens is 250 g/mol. The van der Waals surface area contributed by atoms with Crippen LogP contribution in [-0.2, 0) is 17.7 Å². The molecule has 110 valence electrons. The number of ether oxygens (including phenoxy) is 1. The second-order valence-electron chi connectivity index (χ2n) is 5.04. The summed E-state index contributed by atoms with van der Waals surface area (Å²) in [7, 11) is 1.99. The van der Waals surface area contributed by atoms with E-state index in [9.17, 15) is 0 Å². The van der Waals surface area contributed by atoms with Crippen molar-refractivity contribution in [2.45, 2.75) is 45.9 Å². The minimum absolute atomic E-state index is 0.176. The van der Waals surface area contributed by atoms with Gasteiger partial charge < -0.3 is 10.1 Å². The van der Waals surface area contributed by atoms with Crippen LogP contribution in [0.3, 0.4) is 0 Å². The molecule has 2 rings (SSSR count). The standard InChI is InChI=1S/C16H25N3O/c1-5-19-16-10-8-7-9-13(16)15(18-19)11-14(17-4)12(3)20-6-2/h7-10,12,14,17H,5-6,11H2,1-4H3. The fourth-order valence-electron chi connectivity index (χ4n) is 2.68. The minimum Gasteiger partial charge on any atom is -0.377 e. The van der Waals surface area contributed by atoms with Crippen molar-refractivity contribution in [1.29, 1.82) is 0 Å². The Morgan fingerprint density at radius 2 is 2.05 bits per heavy atom. The van der Waals surface area contributed by atoms with Crippen LogP contribution in [-0.4, -0.2) is 35.6 Å². The Morgan fingerprint density at radius 3 is 2.70 bits per heavy atom. The molecule has 2 aromatic rings. The zero-order valence-corrected chi connectivity index (χ0v) is 12.9. The quantitative estimate of drug-likeness (QED) is 0.844. The third-order valence-electron chi connectivity index (χ3n) is 3.81. The summed E-state index contributed by atoms with van der Waals surface area (Å²) in [6.07, 6.45) is 1.06. The fourth-order valence-corrected chi connectivity index (χ4v) is 2.68. The van der Waals surface area contributed by atoms with Gasteiger partial charge in [0.15, 0.2) is 0 Å². The largest absolute Gasteiger partial charge is 0.377 e. The van der Waals surface area contributed by atoms with Crippen molar-refractivity contribution in [3.8, 4) is 0 Å². The summed E-state index contributed by atoms with van der Waals surface area (Å²) in [6, 6.07) is 8.71. The molecular formula is C16H25N3O. The van der Waals surface area contributed by atoms with Gasteiger partial charge in [0.1, 0.15) is 0 Å². The number of para-hydroxylation sites is 1. The predicted octanol–water partition coefficient (Wildman–Crippen LogP) is 2.61. The highest BCUT2D eigenvalue weighted by atomic mass is 16.5. The smallest absolute Gasteiger partial charge is 0.0719 e. The summed E-state index contributed by atoms with van der Waals surface area (Å²) in [5.41, 5.74) is 2.36. The van der Waals surface area contributed by atoms with E-state index in [4.69, 9.17) is 9.84 Å². The average Bonchev–Trinajstić information content (AvgIpc) is 2.83. The molecule has 0 saturated carbocycles. The maximum absolute atomic E-state index is 5.72. The molecule has 1 aromatic heterocycles. The van der Waals surface area contributed by atoms with Gasteiger partial charge in [0.05, 0.1) is 17.3 Å². The predicted molar refractivity (Wildman–Crippen MR) is 83.0 cm³/mol. The molecule has 1 N–H and O–H groups in total. The monoisotopic (exact) mass is 275 g/mol. The topological polar surface area (TPSA) is 39.1 Å². The van der Waals surface area contributed by atoms with Crippen LogP contribution in [0.5, 0.6) is 0 Å². The zero-order valence-electron chi connectivity index (χ0n) is 12.9. The lowest BCUT2D eigenvalue weighted by molar-refractivity contribution is 0.0495. The van der Waals surface area contributed by atoms with Gasteiger partial charge in [-0.25, -0.2) is 0 Å². The number of likely N-dealkylation sites (N-methyl/N-ethyl adjacent to an activating group) is 1. The summed E-state index contributed by atoms with van der Waals surface area (Å²) in [4.78, 5) is 0. The highest BCUT2D eigenvalue weighted by Gasteiger charge is 2.19. The van der Waals surface area contributed by atoms with Gasteiger partial charge in [-0.3, -0.25) is 4.68 Å². The maximum atomic E-state index is 5.72. The summed E-state index contributed by atoms with van der Waals surface area (Å²) in [6.45, 7) is 7.91. The molecule has 0 aliphatic rings. The number of nitrogens with zero attached hydrogens (tertiary/aromatic N) is 2. The molecule has 0 saturated heterocycles. The molecule has 20 heavy (non-hydrogen) atoms. The van der Waals surface area contributed by atoms with Gasteiger partial charge in [-0.05, 0) is 33.9 Å². The molecule has 0 fully saturated rings. The molecule has 1 aromatic carbocycles. The molecule has 0 aliphatic carbocycles. The van der Waals surface area contributed by atoms with Gasteiger partial charge in [-0.1, -0.05) is 18.2 Å². The van der Waals surface area contributed by atoms with Crippen molar-refractivity contribution < 1.29 is 4.74 Å². The van der Waals surface area contributed by atoms with Gasteiger partial charge in [0.2, 0.25) is 0 Å². The second kappa shape index (κ2) is 6.86. The van der Waals surface area contributed by atoms with Gasteiger partial charge >= 0.3 is 0 Å². The van der Waals surface area contributed by atoms with Gasteiger partial charge in [-0.2, -0.15) is 5.10 Å². The van der Waals surface area contributed by atoms with Crippen LogP contribution in [0.1, 0.15) is 26.5 Å². The van der Waals surface area contributed by atoms with Gasteiger partial charge in [-0.15, -0.1) is 0 Å². The van der Waals surface area contributed by atoms with E-state index in [2.05, 4.69) is 48.1 Å². The van der Waals surface area contributed by atoms with Crippen molar-refractivity contribution in [2.24, 2.45) is 0 Å². The third-order valence-corrected chi connectivity index (χ3v) is 3.81. The molecule has 4 nitrogen and oxygen atoms in total. The van der Waals surface area contributed by atoms with Crippen molar-refractivity contribution in [3.05, 3.63) is 30.0 Å². The van der Waals surface area contributed by atoms with Gasteiger partial charge in [0, 0.05) is 31.0 Å². The minimum atomic E-state index is 0.176. The Morgan fingerprint density at radius 1 is 1.30 bits per heavy atom. The van der Waals surface area contributed by atoms with Crippen LogP contribution < -0.4 is 5.32 Å². The van der Waals surface area contributed by atoms with E-state index >= 15 is 0 Å². The summed E-state index contributed by atoms with van der Waals surface area (Å²) >= 11 is 0. The van der Waals surface area contributed by atoms with E-state index in [1.165, 1.54) is 10.9 Å². The molecule has 0 spiro atoms. The lowest BCUT2D eigenvalue weighted by atomic mass is 10.0. The SMILES string of the molecule is CCOC(C)C(Cc1nn(CC)c2ccccc12)NC. The number of aromatic nitrogens is 2. The summed E-state index contributed by atoms with van der Waals surface area (Å²) in [5, 5.41) is 9.36. The Labute approximate surface area is 121 Å². The molecule has 0 amide bonds. The fraction of sp³-hybridized carbons (Fsp3) is 0.562. The number of benzene rings is 1. The zero-order chi connectivity index (χ0) is 14.5. The van der Waals surface area contributed by atoms with Crippen molar-refractivity contribution >= 4 is 10.9 Å². The van der Waals surface area contributed by atoms with E-state index in [1.807, 2.05) is 14.0 Å². The summed E-state index contributed by atoms with van der Waals surface area (Å²) < 4.78 is 7.79.